The van der Waals surface area contributed by atoms with E-state index in [9.17, 15) is 4.79 Å². The minimum absolute atomic E-state index is 0.131. The van der Waals surface area contributed by atoms with Crippen LogP contribution in [0, 0.1) is 0 Å². The van der Waals surface area contributed by atoms with E-state index in [-0.39, 0.29) is 5.91 Å². The molecule has 0 radical (unpaired) electrons. The van der Waals surface area contributed by atoms with Crippen molar-refractivity contribution in [2.75, 3.05) is 7.05 Å². The summed E-state index contributed by atoms with van der Waals surface area (Å²) in [6.45, 7) is 0. The lowest BCUT2D eigenvalue weighted by atomic mass is 10.4. The van der Waals surface area contributed by atoms with E-state index in [2.05, 4.69) is 42.7 Å². The zero-order chi connectivity index (χ0) is 9.14. The molecular weight excluding hydrogens is 308 g/mol. The molecule has 0 spiro atoms. The fraction of sp³-hybridized carbons (Fsp3) is 0.167. The second-order valence-corrected chi connectivity index (χ2v) is 5.16. The number of hydrazine groups is 1. The van der Waals surface area contributed by atoms with Crippen LogP contribution in [0.15, 0.2) is 14.3 Å². The summed E-state index contributed by atoms with van der Waals surface area (Å²) in [6, 6.07) is 1.77. The Bertz CT molecular complexity index is 280. The number of halogens is 2. The maximum absolute atomic E-state index is 11.2. The normalized spacial score (nSPS) is 9.92. The predicted octanol–water partition coefficient (Wildman–Crippen LogP) is 2.14. The zero-order valence-corrected chi connectivity index (χ0v) is 10.1. The van der Waals surface area contributed by atoms with Gasteiger partial charge in [-0.25, -0.2) is 5.43 Å². The summed E-state index contributed by atoms with van der Waals surface area (Å²) >= 11 is 7.99. The van der Waals surface area contributed by atoms with E-state index in [1.807, 2.05) is 0 Å². The topological polar surface area (TPSA) is 41.1 Å². The molecule has 12 heavy (non-hydrogen) atoms. The third-order valence-electron chi connectivity index (χ3n) is 1.11. The molecular formula is C6H6Br2N2OS. The van der Waals surface area contributed by atoms with Gasteiger partial charge >= 0.3 is 0 Å². The van der Waals surface area contributed by atoms with Gasteiger partial charge in [-0.1, -0.05) is 0 Å². The Morgan fingerprint density at radius 1 is 1.58 bits per heavy atom. The van der Waals surface area contributed by atoms with Crippen LogP contribution in [-0.2, 0) is 0 Å². The van der Waals surface area contributed by atoms with Crippen molar-refractivity contribution < 1.29 is 4.79 Å². The number of hydrogen-bond acceptors (Lipinski definition) is 3. The molecule has 0 fully saturated rings. The van der Waals surface area contributed by atoms with Crippen LogP contribution in [0.4, 0.5) is 0 Å². The summed E-state index contributed by atoms with van der Waals surface area (Å²) in [4.78, 5) is 11.9. The molecule has 0 aromatic carbocycles. The summed E-state index contributed by atoms with van der Waals surface area (Å²) in [7, 11) is 1.65. The Morgan fingerprint density at radius 2 is 2.25 bits per heavy atom. The van der Waals surface area contributed by atoms with Crippen LogP contribution in [0.5, 0.6) is 0 Å². The van der Waals surface area contributed by atoms with Gasteiger partial charge < -0.3 is 0 Å². The van der Waals surface area contributed by atoms with Gasteiger partial charge in [-0.3, -0.25) is 10.2 Å². The van der Waals surface area contributed by atoms with Crippen molar-refractivity contribution in [3.63, 3.8) is 0 Å². The van der Waals surface area contributed by atoms with Gasteiger partial charge in [0.05, 0.1) is 8.66 Å². The van der Waals surface area contributed by atoms with Crippen molar-refractivity contribution in [3.8, 4) is 0 Å². The van der Waals surface area contributed by atoms with Gasteiger partial charge in [0.15, 0.2) is 0 Å². The first kappa shape index (κ1) is 10.2. The molecule has 0 aliphatic rings. The van der Waals surface area contributed by atoms with Crippen LogP contribution in [0.3, 0.4) is 0 Å². The fourth-order valence-corrected chi connectivity index (χ4v) is 2.56. The van der Waals surface area contributed by atoms with Crippen LogP contribution in [0.1, 0.15) is 9.67 Å². The minimum Gasteiger partial charge on any atom is -0.287 e. The average Bonchev–Trinajstić information content (AvgIpc) is 2.33. The lowest BCUT2D eigenvalue weighted by Gasteiger charge is -1.97. The second-order valence-electron chi connectivity index (χ2n) is 1.94. The largest absolute Gasteiger partial charge is 0.287 e. The summed E-state index contributed by atoms with van der Waals surface area (Å²) in [5, 5.41) is 0. The molecule has 2 N–H and O–H groups in total. The zero-order valence-electron chi connectivity index (χ0n) is 6.15. The van der Waals surface area contributed by atoms with Crippen LogP contribution < -0.4 is 10.9 Å². The number of nitrogens with one attached hydrogen (secondary N) is 2. The lowest BCUT2D eigenvalue weighted by Crippen LogP contribution is -2.33. The fourth-order valence-electron chi connectivity index (χ4n) is 0.634. The first-order chi connectivity index (χ1) is 5.65. The Morgan fingerprint density at radius 3 is 2.67 bits per heavy atom. The van der Waals surface area contributed by atoms with Crippen LogP contribution in [0.25, 0.3) is 0 Å². The molecule has 0 aliphatic carbocycles. The van der Waals surface area contributed by atoms with Crippen LogP contribution >= 0.6 is 43.2 Å². The molecule has 1 heterocycles. The summed E-state index contributed by atoms with van der Waals surface area (Å²) in [5.74, 6) is -0.131. The molecule has 1 rings (SSSR count). The van der Waals surface area contributed by atoms with Gasteiger partial charge in [0.1, 0.15) is 0 Å². The van der Waals surface area contributed by atoms with Crippen molar-refractivity contribution in [1.82, 2.24) is 10.9 Å². The van der Waals surface area contributed by atoms with Crippen LogP contribution in [0.2, 0.25) is 0 Å². The van der Waals surface area contributed by atoms with E-state index in [1.165, 1.54) is 11.3 Å². The molecule has 0 unspecified atom stereocenters. The first-order valence-electron chi connectivity index (χ1n) is 3.07. The summed E-state index contributed by atoms with van der Waals surface area (Å²) < 4.78 is 1.82. The maximum atomic E-state index is 11.2. The van der Waals surface area contributed by atoms with E-state index in [1.54, 1.807) is 13.1 Å². The quantitative estimate of drug-likeness (QED) is 0.821. The van der Waals surface area contributed by atoms with E-state index in [0.29, 0.717) is 4.88 Å². The number of rotatable bonds is 2. The monoisotopic (exact) mass is 312 g/mol. The molecule has 0 atom stereocenters. The second kappa shape index (κ2) is 4.36. The third kappa shape index (κ3) is 2.29. The number of carbonyl (C=O) groups is 1. The van der Waals surface area contributed by atoms with Crippen molar-refractivity contribution >= 4 is 49.1 Å². The highest BCUT2D eigenvalue weighted by Crippen LogP contribution is 2.32. The first-order valence-corrected chi connectivity index (χ1v) is 5.47. The molecule has 0 saturated carbocycles. The molecule has 0 saturated heterocycles. The predicted molar refractivity (Wildman–Crippen MR) is 56.2 cm³/mol. The lowest BCUT2D eigenvalue weighted by molar-refractivity contribution is 0.0942. The molecule has 0 aliphatic heterocycles. The Hall–Kier alpha value is 0.0900. The van der Waals surface area contributed by atoms with Gasteiger partial charge in [0.2, 0.25) is 0 Å². The van der Waals surface area contributed by atoms with E-state index < -0.39 is 0 Å². The van der Waals surface area contributed by atoms with Crippen molar-refractivity contribution in [2.24, 2.45) is 0 Å². The standard InChI is InChI=1S/C6H6Br2N2OS/c1-9-10-6(11)4-2-3(7)5(8)12-4/h2,9H,1H3,(H,10,11). The highest BCUT2D eigenvalue weighted by Gasteiger charge is 2.10. The number of thiophene rings is 1. The van der Waals surface area contributed by atoms with Crippen molar-refractivity contribution in [1.29, 1.82) is 0 Å². The van der Waals surface area contributed by atoms with Crippen molar-refractivity contribution in [2.45, 2.75) is 0 Å². The van der Waals surface area contributed by atoms with Gasteiger partial charge in [-0.05, 0) is 37.9 Å². The highest BCUT2D eigenvalue weighted by atomic mass is 79.9. The van der Waals surface area contributed by atoms with Gasteiger partial charge in [0.25, 0.3) is 5.91 Å². The highest BCUT2D eigenvalue weighted by molar-refractivity contribution is 9.13. The average molecular weight is 314 g/mol. The maximum Gasteiger partial charge on any atom is 0.275 e. The third-order valence-corrected chi connectivity index (χ3v) is 4.36. The summed E-state index contributed by atoms with van der Waals surface area (Å²) in [5.41, 5.74) is 5.05. The number of hydrogen-bond donors (Lipinski definition) is 2. The van der Waals surface area contributed by atoms with Crippen molar-refractivity contribution in [3.05, 3.63) is 19.2 Å². The Balaban J connectivity index is 2.82. The summed E-state index contributed by atoms with van der Waals surface area (Å²) in [6.07, 6.45) is 0. The van der Waals surface area contributed by atoms with Gasteiger partial charge in [0, 0.05) is 11.5 Å². The Labute approximate surface area is 90.8 Å². The van der Waals surface area contributed by atoms with Crippen LogP contribution in [-0.4, -0.2) is 13.0 Å². The smallest absolute Gasteiger partial charge is 0.275 e. The molecule has 1 aromatic heterocycles. The molecule has 1 aromatic rings. The number of amides is 1. The molecule has 0 bridgehead atoms. The molecule has 3 nitrogen and oxygen atoms in total. The SMILES string of the molecule is CNNC(=O)c1cc(Br)c(Br)s1. The molecule has 66 valence electrons. The molecule has 6 heteroatoms. The number of carbonyl (C=O) groups excluding carboxylic acids is 1. The minimum atomic E-state index is -0.131. The molecule has 1 amide bonds. The van der Waals surface area contributed by atoms with Gasteiger partial charge in [-0.15, -0.1) is 11.3 Å². The Kier molecular flexibility index (Phi) is 3.70. The van der Waals surface area contributed by atoms with E-state index in [4.69, 9.17) is 0 Å². The van der Waals surface area contributed by atoms with E-state index in [0.717, 1.165) is 8.26 Å². The van der Waals surface area contributed by atoms with E-state index >= 15 is 0 Å². The van der Waals surface area contributed by atoms with Gasteiger partial charge in [-0.2, -0.15) is 0 Å².